The number of piperazine rings is 1. The molecule has 1 amide bonds. The highest BCUT2D eigenvalue weighted by molar-refractivity contribution is 7.89. The molecule has 2 fully saturated rings. The molecule has 39 heavy (non-hydrogen) atoms. The molecule has 206 valence electrons. The summed E-state index contributed by atoms with van der Waals surface area (Å²) < 4.78 is 47.8. The van der Waals surface area contributed by atoms with Crippen LogP contribution in [0.4, 0.5) is 4.39 Å². The van der Waals surface area contributed by atoms with Crippen LogP contribution in [0.25, 0.3) is 12.2 Å². The molecule has 2 saturated heterocycles. The molecule has 2 aliphatic rings. The molecule has 0 N–H and O–H groups in total. The van der Waals surface area contributed by atoms with Crippen LogP contribution in [-0.4, -0.2) is 72.9 Å². The smallest absolute Gasteiger partial charge is 0.248 e. The third-order valence-corrected chi connectivity index (χ3v) is 9.54. The van der Waals surface area contributed by atoms with Gasteiger partial charge in [0.05, 0.1) is 0 Å². The van der Waals surface area contributed by atoms with E-state index < -0.39 is 15.8 Å². The fourth-order valence-electron chi connectivity index (χ4n) is 5.27. The molecule has 0 aliphatic carbocycles. The number of nitrogens with zero attached hydrogens (tertiary/aromatic N) is 4. The Hall–Kier alpha value is -3.34. The van der Waals surface area contributed by atoms with Gasteiger partial charge in [0.25, 0.3) is 0 Å². The van der Waals surface area contributed by atoms with Crippen molar-refractivity contribution in [3.63, 3.8) is 0 Å². The van der Waals surface area contributed by atoms with E-state index in [-0.39, 0.29) is 41.3 Å². The Labute approximate surface area is 228 Å². The van der Waals surface area contributed by atoms with Gasteiger partial charge in [0.15, 0.2) is 10.7 Å². The molecule has 10 heteroatoms. The number of aryl methyl sites for hydroxylation is 1. The highest BCUT2D eigenvalue weighted by atomic mass is 32.2. The Kier molecular flexibility index (Phi) is 8.25. The molecule has 0 bridgehead atoms. The first kappa shape index (κ1) is 27.2. The van der Waals surface area contributed by atoms with Crippen LogP contribution in [0.15, 0.2) is 64.0 Å². The monoisotopic (exact) mass is 552 g/mol. The highest BCUT2D eigenvalue weighted by Gasteiger charge is 2.37. The lowest BCUT2D eigenvalue weighted by Gasteiger charge is -2.38. The van der Waals surface area contributed by atoms with Gasteiger partial charge < -0.3 is 9.42 Å². The summed E-state index contributed by atoms with van der Waals surface area (Å²) in [5.41, 5.74) is 1.82. The topological polar surface area (TPSA) is 87.0 Å². The molecule has 0 spiro atoms. The number of hydrogen-bond acceptors (Lipinski definition) is 6. The van der Waals surface area contributed by atoms with Gasteiger partial charge in [-0.25, -0.2) is 12.8 Å². The first-order valence-electron chi connectivity index (χ1n) is 13.3. The summed E-state index contributed by atoms with van der Waals surface area (Å²) in [6.45, 7) is 5.95. The minimum Gasteiger partial charge on any atom is -0.355 e. The van der Waals surface area contributed by atoms with Crippen LogP contribution in [-0.2, 0) is 21.4 Å². The zero-order valence-electron chi connectivity index (χ0n) is 22.0. The Morgan fingerprint density at radius 2 is 1.64 bits per heavy atom. The van der Waals surface area contributed by atoms with Gasteiger partial charge in [-0.3, -0.25) is 9.69 Å². The van der Waals surface area contributed by atoms with E-state index in [1.165, 1.54) is 28.1 Å². The van der Waals surface area contributed by atoms with Crippen molar-refractivity contribution in [1.82, 2.24) is 19.3 Å². The van der Waals surface area contributed by atoms with Crippen LogP contribution >= 0.6 is 0 Å². The Morgan fingerprint density at radius 1 is 0.974 bits per heavy atom. The standard InChI is InChI=1S/C29H33FN4O4S/c1-22-28(27(38-31-22)12-11-24-9-5-6-10-26(24)30)39(36,37)34-15-13-25(14-16-34)29(35)33-19-17-32(18-20-33)21-23-7-3-2-4-8-23/h2-12,25H,13-21H2,1H3. The van der Waals surface area contributed by atoms with Gasteiger partial charge in [-0.2, -0.15) is 4.31 Å². The predicted molar refractivity (Wildman–Crippen MR) is 146 cm³/mol. The number of benzene rings is 2. The summed E-state index contributed by atoms with van der Waals surface area (Å²) in [6.07, 6.45) is 3.83. The number of carbonyl (C=O) groups excluding carboxylic acids is 1. The van der Waals surface area contributed by atoms with E-state index in [9.17, 15) is 17.6 Å². The van der Waals surface area contributed by atoms with E-state index >= 15 is 0 Å². The summed E-state index contributed by atoms with van der Waals surface area (Å²) >= 11 is 0. The molecule has 8 nitrogen and oxygen atoms in total. The van der Waals surface area contributed by atoms with E-state index in [1.54, 1.807) is 25.1 Å². The van der Waals surface area contributed by atoms with Gasteiger partial charge in [0.2, 0.25) is 15.9 Å². The van der Waals surface area contributed by atoms with Crippen molar-refractivity contribution in [2.75, 3.05) is 39.3 Å². The quantitative estimate of drug-likeness (QED) is 0.440. The zero-order valence-corrected chi connectivity index (χ0v) is 22.8. The van der Waals surface area contributed by atoms with Gasteiger partial charge >= 0.3 is 0 Å². The van der Waals surface area contributed by atoms with E-state index in [4.69, 9.17) is 4.52 Å². The van der Waals surface area contributed by atoms with Crippen LogP contribution in [0.3, 0.4) is 0 Å². The number of aromatic nitrogens is 1. The fourth-order valence-corrected chi connectivity index (χ4v) is 6.99. The number of carbonyl (C=O) groups is 1. The lowest BCUT2D eigenvalue weighted by atomic mass is 9.96. The van der Waals surface area contributed by atoms with Gasteiger partial charge in [-0.05, 0) is 43.5 Å². The summed E-state index contributed by atoms with van der Waals surface area (Å²) in [5.74, 6) is -0.441. The summed E-state index contributed by atoms with van der Waals surface area (Å²) in [5, 5.41) is 3.86. The lowest BCUT2D eigenvalue weighted by Crippen LogP contribution is -2.51. The molecule has 3 aromatic rings. The highest BCUT2D eigenvalue weighted by Crippen LogP contribution is 2.30. The molecule has 0 atom stereocenters. The summed E-state index contributed by atoms with van der Waals surface area (Å²) in [6, 6.07) is 16.5. The minimum absolute atomic E-state index is 0.0191. The maximum atomic E-state index is 14.0. The maximum absolute atomic E-state index is 14.0. The number of halogens is 1. The van der Waals surface area contributed by atoms with Crippen molar-refractivity contribution in [3.8, 4) is 0 Å². The van der Waals surface area contributed by atoms with E-state index in [1.807, 2.05) is 23.1 Å². The number of sulfonamides is 1. The van der Waals surface area contributed by atoms with E-state index in [0.29, 0.717) is 31.5 Å². The van der Waals surface area contributed by atoms with Crippen molar-refractivity contribution in [2.45, 2.75) is 31.2 Å². The second kappa shape index (κ2) is 11.8. The molecule has 5 rings (SSSR count). The first-order chi connectivity index (χ1) is 18.8. The molecular formula is C29H33FN4O4S. The molecule has 2 aromatic carbocycles. The normalized spacial score (nSPS) is 18.2. The molecule has 0 saturated carbocycles. The molecule has 0 radical (unpaired) electrons. The molecule has 3 heterocycles. The van der Waals surface area contributed by atoms with Crippen LogP contribution < -0.4 is 0 Å². The van der Waals surface area contributed by atoms with Crippen molar-refractivity contribution >= 4 is 28.1 Å². The zero-order chi connectivity index (χ0) is 27.4. The van der Waals surface area contributed by atoms with Gasteiger partial charge in [0.1, 0.15) is 11.5 Å². The molecular weight excluding hydrogens is 519 g/mol. The second-order valence-electron chi connectivity index (χ2n) is 10.1. The Morgan fingerprint density at radius 3 is 2.33 bits per heavy atom. The fraction of sp³-hybridized carbons (Fsp3) is 0.379. The average Bonchev–Trinajstić information content (AvgIpc) is 3.34. The summed E-state index contributed by atoms with van der Waals surface area (Å²) in [4.78, 5) is 17.5. The van der Waals surface area contributed by atoms with Crippen molar-refractivity contribution in [3.05, 3.63) is 83.0 Å². The predicted octanol–water partition coefficient (Wildman–Crippen LogP) is 4.04. The van der Waals surface area contributed by atoms with Crippen LogP contribution in [0.5, 0.6) is 0 Å². The van der Waals surface area contributed by atoms with Crippen LogP contribution in [0.1, 0.15) is 35.4 Å². The number of hydrogen-bond donors (Lipinski definition) is 0. The largest absolute Gasteiger partial charge is 0.355 e. The van der Waals surface area contributed by atoms with Gasteiger partial charge in [-0.1, -0.05) is 53.7 Å². The summed E-state index contributed by atoms with van der Waals surface area (Å²) in [7, 11) is -3.91. The third-order valence-electron chi connectivity index (χ3n) is 7.49. The SMILES string of the molecule is Cc1noc(C=Cc2ccccc2F)c1S(=O)(=O)N1CCC(C(=O)N2CCN(Cc3ccccc3)CC2)CC1. The van der Waals surface area contributed by atoms with Crippen LogP contribution in [0, 0.1) is 18.7 Å². The Bertz CT molecular complexity index is 1420. The first-order valence-corrected chi connectivity index (χ1v) is 14.7. The molecule has 1 aromatic heterocycles. The number of rotatable bonds is 7. The minimum atomic E-state index is -3.91. The third kappa shape index (κ3) is 6.13. The number of amides is 1. The molecule has 0 unspecified atom stereocenters. The second-order valence-corrected chi connectivity index (χ2v) is 12.0. The van der Waals surface area contributed by atoms with Gasteiger partial charge in [-0.15, -0.1) is 0 Å². The van der Waals surface area contributed by atoms with Crippen LogP contribution in [0.2, 0.25) is 0 Å². The lowest BCUT2D eigenvalue weighted by molar-refractivity contribution is -0.138. The molecule has 2 aliphatic heterocycles. The van der Waals surface area contributed by atoms with E-state index in [0.717, 1.165) is 19.6 Å². The average molecular weight is 553 g/mol. The van der Waals surface area contributed by atoms with Crippen molar-refractivity contribution in [1.29, 1.82) is 0 Å². The maximum Gasteiger partial charge on any atom is 0.248 e. The van der Waals surface area contributed by atoms with Gasteiger partial charge in [0, 0.05) is 57.3 Å². The number of piperidine rings is 1. The van der Waals surface area contributed by atoms with E-state index in [2.05, 4.69) is 22.2 Å². The Balaban J connectivity index is 1.18. The van der Waals surface area contributed by atoms with Crippen molar-refractivity contribution < 1.29 is 22.1 Å². The van der Waals surface area contributed by atoms with Crippen molar-refractivity contribution in [2.24, 2.45) is 5.92 Å².